The number of benzene rings is 1. The average Bonchev–Trinajstić information content (AvgIpc) is 2.30. The van der Waals surface area contributed by atoms with Gasteiger partial charge in [-0.25, -0.2) is 0 Å². The first kappa shape index (κ1) is 15.2. The maximum Gasteiger partial charge on any atom is 0.0110 e. The van der Waals surface area contributed by atoms with Crippen molar-refractivity contribution in [1.82, 2.24) is 5.32 Å². The van der Waals surface area contributed by atoms with Crippen LogP contribution in [0.25, 0.3) is 0 Å². The number of unbranched alkanes of at least 4 members (excludes halogenated alkanes) is 1. The quantitative estimate of drug-likeness (QED) is 0.753. The SMILES string of the molecule is CCCCC(Cc1ccc(C)c(C)c1)NC(C)C. The van der Waals surface area contributed by atoms with Gasteiger partial charge in [0, 0.05) is 12.1 Å². The molecule has 1 atom stereocenters. The molecule has 18 heavy (non-hydrogen) atoms. The number of rotatable bonds is 7. The van der Waals surface area contributed by atoms with E-state index in [1.54, 1.807) is 0 Å². The molecule has 0 radical (unpaired) electrons. The maximum atomic E-state index is 3.70. The summed E-state index contributed by atoms with van der Waals surface area (Å²) in [6.07, 6.45) is 5.03. The summed E-state index contributed by atoms with van der Waals surface area (Å²) in [5.41, 5.74) is 4.26. The predicted octanol–water partition coefficient (Wildman–Crippen LogP) is 4.40. The first-order chi connectivity index (χ1) is 8.52. The first-order valence-corrected chi connectivity index (χ1v) is 7.35. The van der Waals surface area contributed by atoms with Gasteiger partial charge in [-0.05, 0) is 43.4 Å². The third kappa shape index (κ3) is 5.22. The van der Waals surface area contributed by atoms with E-state index in [0.717, 1.165) is 6.42 Å². The molecule has 0 fully saturated rings. The van der Waals surface area contributed by atoms with Crippen LogP contribution in [0.4, 0.5) is 0 Å². The van der Waals surface area contributed by atoms with Gasteiger partial charge in [-0.3, -0.25) is 0 Å². The van der Waals surface area contributed by atoms with Crippen molar-refractivity contribution in [2.75, 3.05) is 0 Å². The van der Waals surface area contributed by atoms with E-state index in [1.807, 2.05) is 0 Å². The molecule has 102 valence electrons. The molecule has 0 aliphatic rings. The van der Waals surface area contributed by atoms with Gasteiger partial charge in [-0.15, -0.1) is 0 Å². The fraction of sp³-hybridized carbons (Fsp3) is 0.647. The smallest absolute Gasteiger partial charge is 0.0110 e. The highest BCUT2D eigenvalue weighted by Gasteiger charge is 2.10. The van der Waals surface area contributed by atoms with Gasteiger partial charge >= 0.3 is 0 Å². The van der Waals surface area contributed by atoms with E-state index in [-0.39, 0.29) is 0 Å². The highest BCUT2D eigenvalue weighted by atomic mass is 14.9. The number of aryl methyl sites for hydroxylation is 2. The number of hydrogen-bond acceptors (Lipinski definition) is 1. The third-order valence-electron chi connectivity index (χ3n) is 3.53. The number of hydrogen-bond donors (Lipinski definition) is 1. The Morgan fingerprint density at radius 2 is 1.83 bits per heavy atom. The summed E-state index contributed by atoms with van der Waals surface area (Å²) in [5.74, 6) is 0. The van der Waals surface area contributed by atoms with Crippen LogP contribution in [0.1, 0.15) is 56.7 Å². The van der Waals surface area contributed by atoms with Gasteiger partial charge in [0.2, 0.25) is 0 Å². The van der Waals surface area contributed by atoms with E-state index < -0.39 is 0 Å². The Bertz CT molecular complexity index is 355. The molecule has 0 aromatic heterocycles. The van der Waals surface area contributed by atoms with Crippen LogP contribution in [-0.2, 0) is 6.42 Å². The lowest BCUT2D eigenvalue weighted by Crippen LogP contribution is -2.36. The average molecular weight is 247 g/mol. The van der Waals surface area contributed by atoms with Crippen LogP contribution in [0.2, 0.25) is 0 Å². The second-order valence-electron chi connectivity index (χ2n) is 5.78. The van der Waals surface area contributed by atoms with Gasteiger partial charge in [0.25, 0.3) is 0 Å². The molecular formula is C17H29N. The molecular weight excluding hydrogens is 218 g/mol. The van der Waals surface area contributed by atoms with Crippen LogP contribution in [-0.4, -0.2) is 12.1 Å². The van der Waals surface area contributed by atoms with Crippen molar-refractivity contribution < 1.29 is 0 Å². The third-order valence-corrected chi connectivity index (χ3v) is 3.53. The van der Waals surface area contributed by atoms with E-state index in [0.29, 0.717) is 12.1 Å². The summed E-state index contributed by atoms with van der Waals surface area (Å²) >= 11 is 0. The molecule has 0 amide bonds. The van der Waals surface area contributed by atoms with Gasteiger partial charge < -0.3 is 5.32 Å². The van der Waals surface area contributed by atoms with Crippen LogP contribution in [0.15, 0.2) is 18.2 Å². The number of nitrogens with one attached hydrogen (secondary N) is 1. The highest BCUT2D eigenvalue weighted by molar-refractivity contribution is 5.30. The van der Waals surface area contributed by atoms with Crippen LogP contribution in [0.5, 0.6) is 0 Å². The topological polar surface area (TPSA) is 12.0 Å². The lowest BCUT2D eigenvalue weighted by Gasteiger charge is -2.21. The monoisotopic (exact) mass is 247 g/mol. The van der Waals surface area contributed by atoms with Crippen LogP contribution < -0.4 is 5.32 Å². The first-order valence-electron chi connectivity index (χ1n) is 7.35. The van der Waals surface area contributed by atoms with Crippen molar-refractivity contribution in [2.45, 2.75) is 72.4 Å². The van der Waals surface area contributed by atoms with E-state index in [9.17, 15) is 0 Å². The summed E-state index contributed by atoms with van der Waals surface area (Å²) in [6, 6.07) is 8.06. The Balaban J connectivity index is 2.65. The summed E-state index contributed by atoms with van der Waals surface area (Å²) in [5, 5.41) is 3.70. The van der Waals surface area contributed by atoms with Crippen molar-refractivity contribution in [3.05, 3.63) is 34.9 Å². The standard InChI is InChI=1S/C17H29N/c1-6-7-8-17(18-13(2)3)12-16-10-9-14(4)15(5)11-16/h9-11,13,17-18H,6-8,12H2,1-5H3. The van der Waals surface area contributed by atoms with Gasteiger partial charge in [0.05, 0.1) is 0 Å². The Labute approximate surface area is 113 Å². The van der Waals surface area contributed by atoms with Gasteiger partial charge in [0.15, 0.2) is 0 Å². The van der Waals surface area contributed by atoms with Crippen LogP contribution in [0.3, 0.4) is 0 Å². The molecule has 1 rings (SSSR count). The predicted molar refractivity (Wildman–Crippen MR) is 81.2 cm³/mol. The molecule has 0 aliphatic heterocycles. The Morgan fingerprint density at radius 3 is 2.39 bits per heavy atom. The van der Waals surface area contributed by atoms with E-state index >= 15 is 0 Å². The Hall–Kier alpha value is -0.820. The van der Waals surface area contributed by atoms with Crippen LogP contribution in [0, 0.1) is 13.8 Å². The molecule has 1 unspecified atom stereocenters. The molecule has 1 N–H and O–H groups in total. The largest absolute Gasteiger partial charge is 0.311 e. The van der Waals surface area contributed by atoms with E-state index in [4.69, 9.17) is 0 Å². The molecule has 1 heteroatoms. The molecule has 1 aromatic carbocycles. The van der Waals surface area contributed by atoms with Crippen molar-refractivity contribution in [1.29, 1.82) is 0 Å². The lowest BCUT2D eigenvalue weighted by atomic mass is 9.97. The van der Waals surface area contributed by atoms with Gasteiger partial charge in [-0.2, -0.15) is 0 Å². The highest BCUT2D eigenvalue weighted by Crippen LogP contribution is 2.14. The molecule has 1 nitrogen and oxygen atoms in total. The summed E-state index contributed by atoms with van der Waals surface area (Å²) < 4.78 is 0. The van der Waals surface area contributed by atoms with Crippen molar-refractivity contribution in [3.8, 4) is 0 Å². The molecule has 0 aliphatic carbocycles. The molecule has 0 spiro atoms. The summed E-state index contributed by atoms with van der Waals surface area (Å²) in [4.78, 5) is 0. The van der Waals surface area contributed by atoms with Crippen molar-refractivity contribution in [3.63, 3.8) is 0 Å². The molecule has 0 saturated heterocycles. The van der Waals surface area contributed by atoms with E-state index in [1.165, 1.54) is 36.0 Å². The second-order valence-corrected chi connectivity index (χ2v) is 5.78. The Morgan fingerprint density at radius 1 is 1.11 bits per heavy atom. The molecule has 0 bridgehead atoms. The molecule has 0 heterocycles. The summed E-state index contributed by atoms with van der Waals surface area (Å²) in [6.45, 7) is 11.1. The van der Waals surface area contributed by atoms with Crippen molar-refractivity contribution in [2.24, 2.45) is 0 Å². The second kappa shape index (κ2) is 7.58. The minimum Gasteiger partial charge on any atom is -0.311 e. The zero-order chi connectivity index (χ0) is 13.5. The molecule has 1 aromatic rings. The fourth-order valence-electron chi connectivity index (χ4n) is 2.38. The Kier molecular flexibility index (Phi) is 6.42. The zero-order valence-corrected chi connectivity index (χ0v) is 12.7. The van der Waals surface area contributed by atoms with Crippen molar-refractivity contribution >= 4 is 0 Å². The maximum absolute atomic E-state index is 3.70. The summed E-state index contributed by atoms with van der Waals surface area (Å²) in [7, 11) is 0. The van der Waals surface area contributed by atoms with Gasteiger partial charge in [-0.1, -0.05) is 51.8 Å². The zero-order valence-electron chi connectivity index (χ0n) is 12.7. The fourth-order valence-corrected chi connectivity index (χ4v) is 2.38. The minimum atomic E-state index is 0.568. The van der Waals surface area contributed by atoms with Crippen LogP contribution >= 0.6 is 0 Å². The van der Waals surface area contributed by atoms with E-state index in [2.05, 4.69) is 58.1 Å². The lowest BCUT2D eigenvalue weighted by molar-refractivity contribution is 0.425. The normalized spacial score (nSPS) is 13.0. The molecule has 0 saturated carbocycles. The minimum absolute atomic E-state index is 0.568. The van der Waals surface area contributed by atoms with Gasteiger partial charge in [0.1, 0.15) is 0 Å².